The summed E-state index contributed by atoms with van der Waals surface area (Å²) in [4.78, 5) is 17.3. The van der Waals surface area contributed by atoms with Crippen molar-refractivity contribution in [3.8, 4) is 5.75 Å². The first-order chi connectivity index (χ1) is 12.0. The number of amides is 1. The fourth-order valence-corrected chi connectivity index (χ4v) is 3.05. The zero-order valence-electron chi connectivity index (χ0n) is 15.1. The minimum absolute atomic E-state index is 0. The molecule has 26 heavy (non-hydrogen) atoms. The number of guanidine groups is 1. The van der Waals surface area contributed by atoms with Crippen LogP contribution in [-0.4, -0.2) is 56.6 Å². The summed E-state index contributed by atoms with van der Waals surface area (Å²) in [6.07, 6.45) is 1.89. The highest BCUT2D eigenvalue weighted by atomic mass is 127. The molecule has 0 bridgehead atoms. The SMILES string of the molecule is CN=C(NCc1ccc(Cl)cc1OC)NC1CCN(CC(N)=O)CC1.I. The first kappa shape index (κ1) is 22.8. The highest BCUT2D eigenvalue weighted by Crippen LogP contribution is 2.22. The van der Waals surface area contributed by atoms with Crippen LogP contribution in [0.2, 0.25) is 5.02 Å². The van der Waals surface area contributed by atoms with Gasteiger partial charge in [0.1, 0.15) is 5.75 Å². The van der Waals surface area contributed by atoms with Gasteiger partial charge in [-0.1, -0.05) is 17.7 Å². The van der Waals surface area contributed by atoms with Crippen LogP contribution in [0.3, 0.4) is 0 Å². The number of nitrogens with two attached hydrogens (primary N) is 1. The van der Waals surface area contributed by atoms with Crippen LogP contribution in [0, 0.1) is 0 Å². The maximum Gasteiger partial charge on any atom is 0.231 e. The molecule has 4 N–H and O–H groups in total. The molecule has 2 rings (SSSR count). The number of carbonyl (C=O) groups is 1. The average Bonchev–Trinajstić information content (AvgIpc) is 2.60. The Bertz CT molecular complexity index is 621. The zero-order valence-corrected chi connectivity index (χ0v) is 18.2. The van der Waals surface area contributed by atoms with Crippen LogP contribution in [0.5, 0.6) is 5.75 Å². The van der Waals surface area contributed by atoms with Gasteiger partial charge in [-0.2, -0.15) is 0 Å². The first-order valence-electron chi connectivity index (χ1n) is 8.32. The number of likely N-dealkylation sites (tertiary alicyclic amines) is 1. The van der Waals surface area contributed by atoms with Gasteiger partial charge in [0.2, 0.25) is 5.91 Å². The van der Waals surface area contributed by atoms with Crippen molar-refractivity contribution < 1.29 is 9.53 Å². The summed E-state index contributed by atoms with van der Waals surface area (Å²) < 4.78 is 5.36. The second-order valence-electron chi connectivity index (χ2n) is 6.04. The number of hydrogen-bond acceptors (Lipinski definition) is 4. The Hall–Kier alpha value is -1.26. The summed E-state index contributed by atoms with van der Waals surface area (Å²) in [5, 5.41) is 7.37. The van der Waals surface area contributed by atoms with Crippen molar-refractivity contribution in [1.29, 1.82) is 0 Å². The lowest BCUT2D eigenvalue weighted by atomic mass is 10.1. The van der Waals surface area contributed by atoms with Crippen LogP contribution in [0.25, 0.3) is 0 Å². The number of benzene rings is 1. The molecule has 7 nitrogen and oxygen atoms in total. The average molecular weight is 496 g/mol. The third-order valence-corrected chi connectivity index (χ3v) is 4.46. The fourth-order valence-electron chi connectivity index (χ4n) is 2.89. The van der Waals surface area contributed by atoms with E-state index in [1.165, 1.54) is 0 Å². The highest BCUT2D eigenvalue weighted by molar-refractivity contribution is 14.0. The summed E-state index contributed by atoms with van der Waals surface area (Å²) in [7, 11) is 3.37. The van der Waals surface area contributed by atoms with E-state index in [0.717, 1.165) is 43.2 Å². The molecule has 0 aliphatic carbocycles. The number of nitrogens with zero attached hydrogens (tertiary/aromatic N) is 2. The van der Waals surface area contributed by atoms with E-state index in [0.29, 0.717) is 24.2 Å². The van der Waals surface area contributed by atoms with Gasteiger partial charge in [-0.15, -0.1) is 24.0 Å². The van der Waals surface area contributed by atoms with Gasteiger partial charge < -0.3 is 21.1 Å². The molecule has 0 atom stereocenters. The molecular formula is C17H27ClIN5O2. The largest absolute Gasteiger partial charge is 0.496 e. The molecule has 0 radical (unpaired) electrons. The molecular weight excluding hydrogens is 469 g/mol. The molecule has 1 aliphatic rings. The minimum atomic E-state index is -0.277. The number of primary amides is 1. The second-order valence-corrected chi connectivity index (χ2v) is 6.48. The zero-order chi connectivity index (χ0) is 18.2. The van der Waals surface area contributed by atoms with Gasteiger partial charge in [0.25, 0.3) is 0 Å². The number of hydrogen-bond donors (Lipinski definition) is 3. The summed E-state index contributed by atoms with van der Waals surface area (Å²) in [5.74, 6) is 1.21. The van der Waals surface area contributed by atoms with Gasteiger partial charge in [0.05, 0.1) is 13.7 Å². The Balaban J connectivity index is 0.00000338. The third-order valence-electron chi connectivity index (χ3n) is 4.23. The smallest absolute Gasteiger partial charge is 0.231 e. The predicted octanol–water partition coefficient (Wildman–Crippen LogP) is 1.58. The topological polar surface area (TPSA) is 92.0 Å². The van der Waals surface area contributed by atoms with Crippen LogP contribution < -0.4 is 21.1 Å². The Kier molecular flexibility index (Phi) is 10.0. The van der Waals surface area contributed by atoms with E-state index >= 15 is 0 Å². The molecule has 0 saturated carbocycles. The van der Waals surface area contributed by atoms with Gasteiger partial charge in [-0.3, -0.25) is 14.7 Å². The van der Waals surface area contributed by atoms with Crippen molar-refractivity contribution in [3.05, 3.63) is 28.8 Å². The molecule has 1 aliphatic heterocycles. The van der Waals surface area contributed by atoms with E-state index in [1.807, 2.05) is 12.1 Å². The Labute approximate surface area is 176 Å². The van der Waals surface area contributed by atoms with Crippen molar-refractivity contribution in [2.75, 3.05) is 33.8 Å². The van der Waals surface area contributed by atoms with Crippen LogP contribution >= 0.6 is 35.6 Å². The Morgan fingerprint density at radius 3 is 2.69 bits per heavy atom. The molecule has 0 unspecified atom stereocenters. The van der Waals surface area contributed by atoms with E-state index in [1.54, 1.807) is 20.2 Å². The monoisotopic (exact) mass is 495 g/mol. The maximum absolute atomic E-state index is 11.0. The van der Waals surface area contributed by atoms with Crippen molar-refractivity contribution in [2.24, 2.45) is 10.7 Å². The Morgan fingerprint density at radius 2 is 2.12 bits per heavy atom. The van der Waals surface area contributed by atoms with Crippen LogP contribution in [-0.2, 0) is 11.3 Å². The molecule has 1 saturated heterocycles. The molecule has 1 aromatic carbocycles. The lowest BCUT2D eigenvalue weighted by molar-refractivity contribution is -0.119. The number of carbonyl (C=O) groups excluding carboxylic acids is 1. The number of piperidine rings is 1. The molecule has 1 amide bonds. The number of nitrogens with one attached hydrogen (secondary N) is 2. The minimum Gasteiger partial charge on any atom is -0.496 e. The van der Waals surface area contributed by atoms with Crippen LogP contribution in [0.1, 0.15) is 18.4 Å². The van der Waals surface area contributed by atoms with Crippen LogP contribution in [0.4, 0.5) is 0 Å². The van der Waals surface area contributed by atoms with E-state index in [9.17, 15) is 4.79 Å². The summed E-state index contributed by atoms with van der Waals surface area (Å²) in [6, 6.07) is 5.89. The molecule has 1 heterocycles. The van der Waals surface area contributed by atoms with Gasteiger partial charge in [0, 0.05) is 43.3 Å². The van der Waals surface area contributed by atoms with Crippen molar-refractivity contribution in [2.45, 2.75) is 25.4 Å². The second kappa shape index (κ2) is 11.5. The van der Waals surface area contributed by atoms with Crippen LogP contribution in [0.15, 0.2) is 23.2 Å². The molecule has 0 aromatic heterocycles. The number of ether oxygens (including phenoxy) is 1. The molecule has 1 fully saturated rings. The van der Waals surface area contributed by atoms with Gasteiger partial charge in [-0.05, 0) is 25.0 Å². The normalized spacial score (nSPS) is 15.9. The lowest BCUT2D eigenvalue weighted by Gasteiger charge is -2.32. The predicted molar refractivity (Wildman–Crippen MR) is 115 cm³/mol. The Morgan fingerprint density at radius 1 is 1.42 bits per heavy atom. The standard InChI is InChI=1S/C17H26ClN5O2.HI/c1-20-17(21-10-12-3-4-13(18)9-15(12)25-2)22-14-5-7-23(8-6-14)11-16(19)24;/h3-4,9,14H,5-8,10-11H2,1-2H3,(H2,19,24)(H2,20,21,22);1H. The van der Waals surface area contributed by atoms with Crippen molar-refractivity contribution in [1.82, 2.24) is 15.5 Å². The summed E-state index contributed by atoms with van der Waals surface area (Å²) >= 11 is 5.99. The number of halogens is 2. The number of methoxy groups -OCH3 is 1. The van der Waals surface area contributed by atoms with E-state index in [-0.39, 0.29) is 29.9 Å². The quantitative estimate of drug-likeness (QED) is 0.317. The van der Waals surface area contributed by atoms with Crippen molar-refractivity contribution >= 4 is 47.4 Å². The van der Waals surface area contributed by atoms with Gasteiger partial charge in [0.15, 0.2) is 5.96 Å². The molecule has 146 valence electrons. The third kappa shape index (κ3) is 7.16. The molecule has 1 aromatic rings. The summed E-state index contributed by atoms with van der Waals surface area (Å²) in [6.45, 7) is 2.61. The number of rotatable bonds is 6. The lowest BCUT2D eigenvalue weighted by Crippen LogP contribution is -2.49. The first-order valence-corrected chi connectivity index (χ1v) is 8.70. The maximum atomic E-state index is 11.0. The summed E-state index contributed by atoms with van der Waals surface area (Å²) in [5.41, 5.74) is 6.25. The van der Waals surface area contributed by atoms with Gasteiger partial charge >= 0.3 is 0 Å². The van der Waals surface area contributed by atoms with E-state index < -0.39 is 0 Å². The highest BCUT2D eigenvalue weighted by Gasteiger charge is 2.20. The molecule has 0 spiro atoms. The van der Waals surface area contributed by atoms with Crippen molar-refractivity contribution in [3.63, 3.8) is 0 Å². The number of aliphatic imine (C=N–C) groups is 1. The molecule has 9 heteroatoms. The van der Waals surface area contributed by atoms with E-state index in [2.05, 4.69) is 20.5 Å². The fraction of sp³-hybridized carbons (Fsp3) is 0.529. The van der Waals surface area contributed by atoms with Gasteiger partial charge in [-0.25, -0.2) is 0 Å². The van der Waals surface area contributed by atoms with E-state index in [4.69, 9.17) is 22.1 Å².